The first-order valence-electron chi connectivity index (χ1n) is 4.83. The van der Waals surface area contributed by atoms with E-state index >= 15 is 0 Å². The third-order valence-corrected chi connectivity index (χ3v) is 2.92. The number of aromatic nitrogens is 1. The van der Waals surface area contributed by atoms with Crippen LogP contribution < -0.4 is 4.74 Å². The second-order valence-electron chi connectivity index (χ2n) is 3.31. The maximum Gasteiger partial charge on any atom is 0.219 e. The van der Waals surface area contributed by atoms with Gasteiger partial charge in [-0.05, 0) is 23.8 Å². The molecule has 2 aromatic rings. The van der Waals surface area contributed by atoms with E-state index < -0.39 is 0 Å². The SMILES string of the molecule is ClCc1ccnc(Oc2cc(Cl)ccc2Cl)c1. The lowest BCUT2D eigenvalue weighted by atomic mass is 10.3. The Bertz CT molecular complexity index is 531. The molecule has 0 saturated carbocycles. The average molecular weight is 289 g/mol. The van der Waals surface area contributed by atoms with Crippen LogP contribution in [-0.4, -0.2) is 4.98 Å². The van der Waals surface area contributed by atoms with E-state index in [-0.39, 0.29) is 0 Å². The largest absolute Gasteiger partial charge is 0.437 e. The van der Waals surface area contributed by atoms with Crippen molar-refractivity contribution in [2.75, 3.05) is 0 Å². The molecule has 0 unspecified atom stereocenters. The highest BCUT2D eigenvalue weighted by Gasteiger charge is 2.05. The van der Waals surface area contributed by atoms with Crippen LogP contribution >= 0.6 is 34.8 Å². The molecule has 17 heavy (non-hydrogen) atoms. The first kappa shape index (κ1) is 12.5. The number of alkyl halides is 1. The molecule has 0 aliphatic carbocycles. The molecule has 0 saturated heterocycles. The van der Waals surface area contributed by atoms with E-state index in [2.05, 4.69) is 4.98 Å². The minimum Gasteiger partial charge on any atom is -0.437 e. The van der Waals surface area contributed by atoms with Crippen molar-refractivity contribution >= 4 is 34.8 Å². The number of hydrogen-bond donors (Lipinski definition) is 0. The van der Waals surface area contributed by atoms with Gasteiger partial charge in [-0.25, -0.2) is 4.98 Å². The molecule has 0 amide bonds. The predicted octanol–water partition coefficient (Wildman–Crippen LogP) is 4.92. The quantitative estimate of drug-likeness (QED) is 0.748. The Morgan fingerprint density at radius 3 is 2.71 bits per heavy atom. The van der Waals surface area contributed by atoms with Crippen molar-refractivity contribution in [1.29, 1.82) is 0 Å². The highest BCUT2D eigenvalue weighted by atomic mass is 35.5. The van der Waals surface area contributed by atoms with Crippen molar-refractivity contribution in [3.05, 3.63) is 52.1 Å². The Labute approximate surface area is 114 Å². The summed E-state index contributed by atoms with van der Waals surface area (Å²) in [5.41, 5.74) is 0.926. The van der Waals surface area contributed by atoms with E-state index in [0.29, 0.717) is 27.6 Å². The summed E-state index contributed by atoms with van der Waals surface area (Å²) >= 11 is 17.6. The summed E-state index contributed by atoms with van der Waals surface area (Å²) in [5.74, 6) is 1.31. The van der Waals surface area contributed by atoms with Crippen LogP contribution in [-0.2, 0) is 5.88 Å². The van der Waals surface area contributed by atoms with Gasteiger partial charge < -0.3 is 4.74 Å². The van der Waals surface area contributed by atoms with Crippen molar-refractivity contribution in [1.82, 2.24) is 4.98 Å². The minimum absolute atomic E-state index is 0.405. The van der Waals surface area contributed by atoms with Crippen molar-refractivity contribution in [2.45, 2.75) is 5.88 Å². The van der Waals surface area contributed by atoms with E-state index in [1.165, 1.54) is 0 Å². The zero-order valence-electron chi connectivity index (χ0n) is 8.66. The maximum absolute atomic E-state index is 5.98. The summed E-state index contributed by atoms with van der Waals surface area (Å²) < 4.78 is 5.55. The molecular formula is C12H8Cl3NO. The number of pyridine rings is 1. The molecule has 0 fully saturated rings. The van der Waals surface area contributed by atoms with Crippen molar-refractivity contribution in [3.8, 4) is 11.6 Å². The molecule has 0 spiro atoms. The summed E-state index contributed by atoms with van der Waals surface area (Å²) in [6, 6.07) is 8.58. The van der Waals surface area contributed by atoms with E-state index in [4.69, 9.17) is 39.5 Å². The molecule has 2 nitrogen and oxygen atoms in total. The van der Waals surface area contributed by atoms with Gasteiger partial charge in [-0.1, -0.05) is 23.2 Å². The molecular weight excluding hydrogens is 280 g/mol. The number of hydrogen-bond acceptors (Lipinski definition) is 2. The van der Waals surface area contributed by atoms with E-state index in [9.17, 15) is 0 Å². The number of halogens is 3. The topological polar surface area (TPSA) is 22.1 Å². The molecule has 0 radical (unpaired) electrons. The fourth-order valence-corrected chi connectivity index (χ4v) is 1.74. The second-order valence-corrected chi connectivity index (χ2v) is 4.42. The van der Waals surface area contributed by atoms with Gasteiger partial charge in [-0.3, -0.25) is 0 Å². The molecule has 0 bridgehead atoms. The van der Waals surface area contributed by atoms with Gasteiger partial charge in [0.25, 0.3) is 0 Å². The van der Waals surface area contributed by atoms with Crippen LogP contribution in [0, 0.1) is 0 Å². The summed E-state index contributed by atoms with van der Waals surface area (Å²) in [4.78, 5) is 4.07. The van der Waals surface area contributed by atoms with Gasteiger partial charge in [0, 0.05) is 29.2 Å². The Kier molecular flexibility index (Phi) is 4.11. The molecule has 1 aromatic heterocycles. The van der Waals surface area contributed by atoms with Gasteiger partial charge in [-0.15, -0.1) is 11.6 Å². The lowest BCUT2D eigenvalue weighted by molar-refractivity contribution is 0.462. The van der Waals surface area contributed by atoms with E-state index in [1.807, 2.05) is 6.07 Å². The molecule has 0 N–H and O–H groups in total. The number of ether oxygens (including phenoxy) is 1. The Balaban J connectivity index is 2.27. The van der Waals surface area contributed by atoms with Gasteiger partial charge >= 0.3 is 0 Å². The smallest absolute Gasteiger partial charge is 0.219 e. The van der Waals surface area contributed by atoms with Crippen LogP contribution in [0.2, 0.25) is 10.0 Å². The lowest BCUT2D eigenvalue weighted by Gasteiger charge is -2.07. The summed E-state index contributed by atoms with van der Waals surface area (Å²) in [6.45, 7) is 0. The number of benzene rings is 1. The molecule has 0 atom stereocenters. The van der Waals surface area contributed by atoms with Crippen molar-refractivity contribution in [2.24, 2.45) is 0 Å². The summed E-state index contributed by atoms with van der Waals surface area (Å²) in [6.07, 6.45) is 1.63. The average Bonchev–Trinajstić information content (AvgIpc) is 2.34. The molecule has 5 heteroatoms. The third-order valence-electron chi connectivity index (χ3n) is 2.06. The van der Waals surface area contributed by atoms with Gasteiger partial charge in [0.15, 0.2) is 0 Å². The van der Waals surface area contributed by atoms with Gasteiger partial charge in [0.2, 0.25) is 5.88 Å². The normalized spacial score (nSPS) is 10.3. The fourth-order valence-electron chi connectivity index (χ4n) is 1.26. The van der Waals surface area contributed by atoms with Crippen LogP contribution in [0.4, 0.5) is 0 Å². The fraction of sp³-hybridized carbons (Fsp3) is 0.0833. The molecule has 1 heterocycles. The van der Waals surface area contributed by atoms with Gasteiger partial charge in [0.1, 0.15) is 5.75 Å². The van der Waals surface area contributed by atoms with Gasteiger partial charge in [-0.2, -0.15) is 0 Å². The highest BCUT2D eigenvalue weighted by Crippen LogP contribution is 2.31. The van der Waals surface area contributed by atoms with Gasteiger partial charge in [0.05, 0.1) is 5.02 Å². The monoisotopic (exact) mass is 287 g/mol. The predicted molar refractivity (Wildman–Crippen MR) is 70.3 cm³/mol. The molecule has 2 rings (SSSR count). The lowest BCUT2D eigenvalue weighted by Crippen LogP contribution is -1.90. The standard InChI is InChI=1S/C12H8Cl3NO/c13-7-8-3-4-16-12(5-8)17-11-6-9(14)1-2-10(11)15/h1-6H,7H2. The van der Waals surface area contributed by atoms with Crippen LogP contribution in [0.5, 0.6) is 11.6 Å². The summed E-state index contributed by atoms with van der Waals surface area (Å²) in [7, 11) is 0. The Morgan fingerprint density at radius 1 is 1.12 bits per heavy atom. The molecule has 0 aliphatic heterocycles. The number of rotatable bonds is 3. The third kappa shape index (κ3) is 3.25. The highest BCUT2D eigenvalue weighted by molar-refractivity contribution is 6.34. The first-order chi connectivity index (χ1) is 8.19. The van der Waals surface area contributed by atoms with Crippen LogP contribution in [0.1, 0.15) is 5.56 Å². The second kappa shape index (κ2) is 5.58. The van der Waals surface area contributed by atoms with Crippen LogP contribution in [0.3, 0.4) is 0 Å². The molecule has 1 aromatic carbocycles. The Morgan fingerprint density at radius 2 is 1.94 bits per heavy atom. The van der Waals surface area contributed by atoms with Crippen LogP contribution in [0.15, 0.2) is 36.5 Å². The maximum atomic E-state index is 5.98. The Hall–Kier alpha value is -0.960. The zero-order chi connectivity index (χ0) is 12.3. The minimum atomic E-state index is 0.405. The van der Waals surface area contributed by atoms with E-state index in [0.717, 1.165) is 5.56 Å². The zero-order valence-corrected chi connectivity index (χ0v) is 10.9. The van der Waals surface area contributed by atoms with Crippen LogP contribution in [0.25, 0.3) is 0 Å². The number of nitrogens with zero attached hydrogens (tertiary/aromatic N) is 1. The molecule has 88 valence electrons. The first-order valence-corrected chi connectivity index (χ1v) is 6.12. The summed E-state index contributed by atoms with van der Waals surface area (Å²) in [5, 5.41) is 1.03. The van der Waals surface area contributed by atoms with E-state index in [1.54, 1.807) is 30.5 Å². The molecule has 0 aliphatic rings. The van der Waals surface area contributed by atoms with Crippen molar-refractivity contribution in [3.63, 3.8) is 0 Å². The van der Waals surface area contributed by atoms with Crippen molar-refractivity contribution < 1.29 is 4.74 Å².